The van der Waals surface area contributed by atoms with Crippen LogP contribution in [0.25, 0.3) is 11.0 Å². The normalized spacial score (nSPS) is 11.0. The maximum absolute atomic E-state index is 12.3. The first-order valence-electron chi connectivity index (χ1n) is 8.58. The molecule has 3 rings (SSSR count). The van der Waals surface area contributed by atoms with Crippen LogP contribution in [-0.4, -0.2) is 41.1 Å². The summed E-state index contributed by atoms with van der Waals surface area (Å²) in [5.74, 6) is -0.145. The molecule has 7 nitrogen and oxygen atoms in total. The van der Waals surface area contributed by atoms with Gasteiger partial charge in [0.15, 0.2) is 0 Å². The summed E-state index contributed by atoms with van der Waals surface area (Å²) >= 11 is 0. The molecule has 1 heterocycles. The number of fused-ring (bicyclic) bond motifs is 1. The van der Waals surface area contributed by atoms with Crippen LogP contribution in [0.3, 0.4) is 0 Å². The summed E-state index contributed by atoms with van der Waals surface area (Å²) in [7, 11) is 0. The second-order valence-electron chi connectivity index (χ2n) is 5.78. The molecule has 0 radical (unpaired) electrons. The fourth-order valence-corrected chi connectivity index (χ4v) is 2.55. The summed E-state index contributed by atoms with van der Waals surface area (Å²) < 4.78 is 10.8. The van der Waals surface area contributed by atoms with Crippen LogP contribution < -0.4 is 5.32 Å². The fraction of sp³-hybridized carbons (Fsp3) is 0.316. The summed E-state index contributed by atoms with van der Waals surface area (Å²) in [6, 6.07) is 13.2. The predicted octanol–water partition coefficient (Wildman–Crippen LogP) is 2.44. The van der Waals surface area contributed by atoms with Crippen molar-refractivity contribution in [2.75, 3.05) is 19.8 Å². The van der Waals surface area contributed by atoms with Crippen LogP contribution in [0.1, 0.15) is 28.4 Å². The van der Waals surface area contributed by atoms with Gasteiger partial charge in [0, 0.05) is 18.7 Å². The Hall–Kier alpha value is -2.77. The van der Waals surface area contributed by atoms with Gasteiger partial charge in [-0.15, -0.1) is 0 Å². The number of hydrogen-bond donors (Lipinski definition) is 2. The Balaban J connectivity index is 1.52. The average molecular weight is 354 g/mol. The summed E-state index contributed by atoms with van der Waals surface area (Å²) in [5.41, 5.74) is 4.05. The number of hydrogen-bond acceptors (Lipinski definition) is 5. The first-order chi connectivity index (χ1) is 12.8. The Bertz CT molecular complexity index is 863. The fourth-order valence-electron chi connectivity index (χ4n) is 2.55. The number of nitrogens with one attached hydrogen (secondary N) is 2. The van der Waals surface area contributed by atoms with Gasteiger partial charge < -0.3 is 14.8 Å². The maximum Gasteiger partial charge on any atom is 0.251 e. The lowest BCUT2D eigenvalue weighted by molar-refractivity contribution is 0.0453. The topological polar surface area (TPSA) is 89.1 Å². The molecule has 0 saturated carbocycles. The molecule has 1 aromatic heterocycles. The van der Waals surface area contributed by atoms with E-state index < -0.39 is 0 Å². The third-order valence-corrected chi connectivity index (χ3v) is 3.87. The Labute approximate surface area is 151 Å². The molecule has 3 aromatic rings. The molecule has 0 bridgehead atoms. The number of aromatic amines is 1. The van der Waals surface area contributed by atoms with Gasteiger partial charge in [-0.2, -0.15) is 15.4 Å². The largest absolute Gasteiger partial charge is 0.379 e. The van der Waals surface area contributed by atoms with E-state index in [0.29, 0.717) is 44.1 Å². The van der Waals surface area contributed by atoms with Gasteiger partial charge in [0.25, 0.3) is 5.91 Å². The lowest BCUT2D eigenvalue weighted by Crippen LogP contribution is -2.22. The van der Waals surface area contributed by atoms with E-state index in [9.17, 15) is 4.79 Å². The average Bonchev–Trinajstić information content (AvgIpc) is 3.14. The molecule has 0 saturated heterocycles. The van der Waals surface area contributed by atoms with Crippen LogP contribution in [0.15, 0.2) is 42.5 Å². The zero-order valence-electron chi connectivity index (χ0n) is 14.7. The van der Waals surface area contributed by atoms with Crippen LogP contribution in [0, 0.1) is 0 Å². The molecular formula is C19H22N4O3. The lowest BCUT2D eigenvalue weighted by Gasteiger charge is -2.08. The molecule has 1 amide bonds. The van der Waals surface area contributed by atoms with Crippen molar-refractivity contribution in [3.63, 3.8) is 0 Å². The van der Waals surface area contributed by atoms with Gasteiger partial charge in [-0.1, -0.05) is 24.3 Å². The van der Waals surface area contributed by atoms with Gasteiger partial charge in [0.2, 0.25) is 0 Å². The van der Waals surface area contributed by atoms with Crippen molar-refractivity contribution in [3.8, 4) is 0 Å². The van der Waals surface area contributed by atoms with E-state index in [1.807, 2.05) is 31.2 Å². The molecule has 2 aromatic carbocycles. The van der Waals surface area contributed by atoms with E-state index >= 15 is 0 Å². The Morgan fingerprint density at radius 2 is 1.85 bits per heavy atom. The minimum absolute atomic E-state index is 0.145. The second kappa shape index (κ2) is 9.07. The summed E-state index contributed by atoms with van der Waals surface area (Å²) in [6.07, 6.45) is 0. The minimum Gasteiger partial charge on any atom is -0.379 e. The van der Waals surface area contributed by atoms with Crippen molar-refractivity contribution >= 4 is 16.9 Å². The lowest BCUT2D eigenvalue weighted by atomic mass is 10.1. The quantitative estimate of drug-likeness (QED) is 0.576. The van der Waals surface area contributed by atoms with Crippen LogP contribution in [0.2, 0.25) is 0 Å². The molecule has 0 atom stereocenters. The Kier molecular flexibility index (Phi) is 6.29. The predicted molar refractivity (Wildman–Crippen MR) is 97.6 cm³/mol. The number of rotatable bonds is 9. The van der Waals surface area contributed by atoms with Crippen molar-refractivity contribution in [3.05, 3.63) is 59.2 Å². The molecule has 0 aliphatic carbocycles. The molecule has 136 valence electrons. The van der Waals surface area contributed by atoms with Gasteiger partial charge in [-0.05, 0) is 36.2 Å². The molecule has 26 heavy (non-hydrogen) atoms. The van der Waals surface area contributed by atoms with Gasteiger partial charge in [-0.3, -0.25) is 4.79 Å². The van der Waals surface area contributed by atoms with E-state index in [1.165, 1.54) is 0 Å². The van der Waals surface area contributed by atoms with E-state index in [4.69, 9.17) is 9.47 Å². The van der Waals surface area contributed by atoms with Crippen LogP contribution in [0.4, 0.5) is 0 Å². The number of carbonyl (C=O) groups excluding carboxylic acids is 1. The van der Waals surface area contributed by atoms with Crippen LogP contribution in [-0.2, 0) is 22.6 Å². The van der Waals surface area contributed by atoms with Crippen molar-refractivity contribution in [1.82, 2.24) is 20.7 Å². The molecule has 0 aliphatic rings. The third kappa shape index (κ3) is 4.87. The number of nitrogens with zero attached hydrogens (tertiary/aromatic N) is 2. The molecule has 0 unspecified atom stereocenters. The number of ether oxygens (including phenoxy) is 2. The minimum atomic E-state index is -0.145. The van der Waals surface area contributed by atoms with Gasteiger partial charge >= 0.3 is 0 Å². The second-order valence-corrected chi connectivity index (χ2v) is 5.78. The van der Waals surface area contributed by atoms with E-state index in [-0.39, 0.29) is 5.91 Å². The monoisotopic (exact) mass is 354 g/mol. The summed E-state index contributed by atoms with van der Waals surface area (Å²) in [5, 5.41) is 13.4. The number of amides is 1. The maximum atomic E-state index is 12.3. The highest BCUT2D eigenvalue weighted by Crippen LogP contribution is 2.11. The van der Waals surface area contributed by atoms with E-state index in [2.05, 4.69) is 20.7 Å². The SMILES string of the molecule is CCOCCOCc1cccc(CNC(=O)c2ccc3n[nH]nc3c2)c1. The van der Waals surface area contributed by atoms with Gasteiger partial charge in [0.05, 0.1) is 19.8 Å². The molecule has 0 spiro atoms. The number of H-pyrrole nitrogens is 1. The van der Waals surface area contributed by atoms with E-state index in [1.54, 1.807) is 18.2 Å². The molecule has 0 aliphatic heterocycles. The highest BCUT2D eigenvalue weighted by Gasteiger charge is 2.08. The zero-order valence-corrected chi connectivity index (χ0v) is 14.7. The van der Waals surface area contributed by atoms with E-state index in [0.717, 1.165) is 16.6 Å². The molecule has 0 fully saturated rings. The highest BCUT2D eigenvalue weighted by atomic mass is 16.5. The van der Waals surface area contributed by atoms with Crippen molar-refractivity contribution < 1.29 is 14.3 Å². The van der Waals surface area contributed by atoms with Gasteiger partial charge in [-0.25, -0.2) is 0 Å². The molecule has 2 N–H and O–H groups in total. The molecule has 7 heteroatoms. The first-order valence-corrected chi connectivity index (χ1v) is 8.58. The summed E-state index contributed by atoms with van der Waals surface area (Å²) in [4.78, 5) is 12.3. The smallest absolute Gasteiger partial charge is 0.251 e. The Morgan fingerprint density at radius 3 is 2.73 bits per heavy atom. The highest BCUT2D eigenvalue weighted by molar-refractivity contribution is 5.97. The molecular weight excluding hydrogens is 332 g/mol. The van der Waals surface area contributed by atoms with Crippen molar-refractivity contribution in [1.29, 1.82) is 0 Å². The standard InChI is InChI=1S/C19H22N4O3/c1-2-25-8-9-26-13-15-5-3-4-14(10-15)12-20-19(24)16-6-7-17-18(11-16)22-23-21-17/h3-7,10-11H,2,8-9,12-13H2,1H3,(H,20,24)(H,21,22,23). The van der Waals surface area contributed by atoms with Crippen LogP contribution in [0.5, 0.6) is 0 Å². The Morgan fingerprint density at radius 1 is 1.04 bits per heavy atom. The summed E-state index contributed by atoms with van der Waals surface area (Å²) in [6.45, 7) is 4.80. The van der Waals surface area contributed by atoms with Crippen LogP contribution >= 0.6 is 0 Å². The number of benzene rings is 2. The van der Waals surface area contributed by atoms with Gasteiger partial charge in [0.1, 0.15) is 11.0 Å². The number of aromatic nitrogens is 3. The zero-order chi connectivity index (χ0) is 18.2. The van der Waals surface area contributed by atoms with Crippen molar-refractivity contribution in [2.24, 2.45) is 0 Å². The van der Waals surface area contributed by atoms with Crippen molar-refractivity contribution in [2.45, 2.75) is 20.1 Å². The first kappa shape index (κ1) is 18.0. The number of carbonyl (C=O) groups is 1. The third-order valence-electron chi connectivity index (χ3n) is 3.87.